The van der Waals surface area contributed by atoms with Crippen LogP contribution in [0.1, 0.15) is 40.7 Å². The van der Waals surface area contributed by atoms with Crippen molar-refractivity contribution in [3.63, 3.8) is 0 Å². The van der Waals surface area contributed by atoms with Gasteiger partial charge >= 0.3 is 5.97 Å². The second kappa shape index (κ2) is 6.18. The fourth-order valence-corrected chi connectivity index (χ4v) is 2.88. The summed E-state index contributed by atoms with van der Waals surface area (Å²) >= 11 is 0. The Morgan fingerprint density at radius 2 is 2.10 bits per heavy atom. The number of ketones is 1. The average Bonchev–Trinajstić information content (AvgIpc) is 2.84. The Balaban J connectivity index is 1.97. The molecule has 0 bridgehead atoms. The number of Topliss-reactive ketones (excluding diaryl/α,β-unsaturated/α-hetero) is 1. The van der Waals surface area contributed by atoms with Gasteiger partial charge in [-0.25, -0.2) is 0 Å². The largest absolute Gasteiger partial charge is 0.480 e. The number of aliphatic carboxylic acids is 1. The summed E-state index contributed by atoms with van der Waals surface area (Å²) in [5, 5.41) is 9.11. The number of carboxylic acids is 1. The van der Waals surface area contributed by atoms with E-state index in [1.165, 1.54) is 0 Å². The number of hydrogen-bond donors (Lipinski definition) is 1. The molecule has 1 saturated heterocycles. The van der Waals surface area contributed by atoms with Crippen molar-refractivity contribution in [3.05, 3.63) is 34.9 Å². The summed E-state index contributed by atoms with van der Waals surface area (Å²) in [6.45, 7) is 5.25. The number of rotatable bonds is 5. The molecule has 4 heteroatoms. The van der Waals surface area contributed by atoms with Crippen LogP contribution in [0, 0.1) is 13.8 Å². The molecule has 1 aromatic rings. The van der Waals surface area contributed by atoms with E-state index in [9.17, 15) is 9.59 Å². The van der Waals surface area contributed by atoms with E-state index in [-0.39, 0.29) is 5.78 Å². The van der Waals surface area contributed by atoms with Crippen molar-refractivity contribution in [1.82, 2.24) is 4.90 Å². The molecule has 2 rings (SSSR count). The summed E-state index contributed by atoms with van der Waals surface area (Å²) in [5.41, 5.74) is 2.89. The van der Waals surface area contributed by atoms with Crippen LogP contribution in [0.15, 0.2) is 18.2 Å². The van der Waals surface area contributed by atoms with E-state index in [0.717, 1.165) is 29.7 Å². The van der Waals surface area contributed by atoms with Gasteiger partial charge < -0.3 is 5.11 Å². The number of benzene rings is 1. The zero-order valence-electron chi connectivity index (χ0n) is 12.1. The second-order valence-corrected chi connectivity index (χ2v) is 5.52. The Morgan fingerprint density at radius 3 is 2.75 bits per heavy atom. The maximum atomic E-state index is 12.2. The Hall–Kier alpha value is -1.68. The molecule has 1 atom stereocenters. The van der Waals surface area contributed by atoms with Gasteiger partial charge in [-0.2, -0.15) is 0 Å². The minimum absolute atomic E-state index is 0.0959. The highest BCUT2D eigenvalue weighted by Crippen LogP contribution is 2.19. The van der Waals surface area contributed by atoms with E-state index in [1.54, 1.807) is 0 Å². The molecule has 1 fully saturated rings. The Bertz CT molecular complexity index is 524. The molecule has 1 N–H and O–H groups in total. The van der Waals surface area contributed by atoms with Crippen molar-refractivity contribution < 1.29 is 14.7 Å². The lowest BCUT2D eigenvalue weighted by atomic mass is 10.0. The molecular formula is C16H21NO3. The molecule has 0 saturated carbocycles. The third kappa shape index (κ3) is 3.25. The highest BCUT2D eigenvalue weighted by atomic mass is 16.4. The maximum absolute atomic E-state index is 12.2. The third-order valence-corrected chi connectivity index (χ3v) is 3.96. The summed E-state index contributed by atoms with van der Waals surface area (Å²) < 4.78 is 0. The molecule has 0 aromatic heterocycles. The maximum Gasteiger partial charge on any atom is 0.320 e. The van der Waals surface area contributed by atoms with E-state index in [0.29, 0.717) is 19.4 Å². The lowest BCUT2D eigenvalue weighted by Crippen LogP contribution is -2.37. The van der Waals surface area contributed by atoms with E-state index in [2.05, 4.69) is 0 Å². The number of likely N-dealkylation sites (tertiary alicyclic amines) is 1. The molecule has 4 nitrogen and oxygen atoms in total. The minimum atomic E-state index is -0.776. The lowest BCUT2D eigenvalue weighted by molar-refractivity contribution is -0.142. The molecule has 1 unspecified atom stereocenters. The van der Waals surface area contributed by atoms with Gasteiger partial charge in [0.2, 0.25) is 0 Å². The molecule has 1 aliphatic heterocycles. The van der Waals surface area contributed by atoms with Crippen molar-refractivity contribution in [2.24, 2.45) is 0 Å². The Morgan fingerprint density at radius 1 is 1.35 bits per heavy atom. The Labute approximate surface area is 119 Å². The summed E-state index contributed by atoms with van der Waals surface area (Å²) in [4.78, 5) is 25.2. The molecule has 1 heterocycles. The topological polar surface area (TPSA) is 57.6 Å². The number of hydrogen-bond acceptors (Lipinski definition) is 3. The van der Waals surface area contributed by atoms with Crippen LogP contribution in [0.5, 0.6) is 0 Å². The van der Waals surface area contributed by atoms with Crippen LogP contribution < -0.4 is 0 Å². The molecule has 0 amide bonds. The molecule has 0 radical (unpaired) electrons. The quantitative estimate of drug-likeness (QED) is 0.838. The van der Waals surface area contributed by atoms with Crippen molar-refractivity contribution in [3.8, 4) is 0 Å². The number of carbonyl (C=O) groups excluding carboxylic acids is 1. The predicted molar refractivity (Wildman–Crippen MR) is 77.1 cm³/mol. The number of carboxylic acid groups (broad SMARTS) is 1. The van der Waals surface area contributed by atoms with Crippen LogP contribution in [-0.4, -0.2) is 40.9 Å². The highest BCUT2D eigenvalue weighted by molar-refractivity contribution is 5.97. The Kier molecular flexibility index (Phi) is 4.55. The van der Waals surface area contributed by atoms with Crippen LogP contribution >= 0.6 is 0 Å². The van der Waals surface area contributed by atoms with Gasteiger partial charge in [0.1, 0.15) is 6.04 Å². The molecule has 0 spiro atoms. The second-order valence-electron chi connectivity index (χ2n) is 5.52. The van der Waals surface area contributed by atoms with Crippen LogP contribution in [0.3, 0.4) is 0 Å². The molecule has 0 aliphatic carbocycles. The fourth-order valence-electron chi connectivity index (χ4n) is 2.88. The number of aryl methyl sites for hydroxylation is 2. The van der Waals surface area contributed by atoms with Crippen LogP contribution in [0.25, 0.3) is 0 Å². The lowest BCUT2D eigenvalue weighted by Gasteiger charge is -2.20. The SMILES string of the molecule is Cc1ccc(C(=O)CCN2CCCC2C(=O)O)c(C)c1. The predicted octanol–water partition coefficient (Wildman–Crippen LogP) is 2.43. The first-order chi connectivity index (χ1) is 9.49. The molecule has 108 valence electrons. The van der Waals surface area contributed by atoms with Gasteiger partial charge in [0.15, 0.2) is 5.78 Å². The minimum Gasteiger partial charge on any atom is -0.480 e. The van der Waals surface area contributed by atoms with E-state index in [1.807, 2.05) is 36.9 Å². The number of carbonyl (C=O) groups is 2. The number of nitrogens with zero attached hydrogens (tertiary/aromatic N) is 1. The van der Waals surface area contributed by atoms with Gasteiger partial charge in [0, 0.05) is 18.5 Å². The molecule has 20 heavy (non-hydrogen) atoms. The monoisotopic (exact) mass is 275 g/mol. The van der Waals surface area contributed by atoms with Gasteiger partial charge in [-0.05, 0) is 38.8 Å². The highest BCUT2D eigenvalue weighted by Gasteiger charge is 2.30. The summed E-state index contributed by atoms with van der Waals surface area (Å²) in [5.74, 6) is -0.681. The summed E-state index contributed by atoms with van der Waals surface area (Å²) in [7, 11) is 0. The van der Waals surface area contributed by atoms with E-state index in [4.69, 9.17) is 5.11 Å². The first-order valence-corrected chi connectivity index (χ1v) is 7.06. The van der Waals surface area contributed by atoms with Crippen molar-refractivity contribution in [1.29, 1.82) is 0 Å². The molecule has 1 aliphatic rings. The third-order valence-electron chi connectivity index (χ3n) is 3.96. The standard InChI is InChI=1S/C16H21NO3/c1-11-5-6-13(12(2)10-11)15(18)7-9-17-8-3-4-14(17)16(19)20/h5-6,10,14H,3-4,7-9H2,1-2H3,(H,19,20). The molecular weight excluding hydrogens is 254 g/mol. The summed E-state index contributed by atoms with van der Waals surface area (Å²) in [6, 6.07) is 5.40. The smallest absolute Gasteiger partial charge is 0.320 e. The zero-order valence-corrected chi connectivity index (χ0v) is 12.1. The van der Waals surface area contributed by atoms with Crippen molar-refractivity contribution >= 4 is 11.8 Å². The first kappa shape index (κ1) is 14.7. The van der Waals surface area contributed by atoms with Crippen molar-refractivity contribution in [2.45, 2.75) is 39.2 Å². The average molecular weight is 275 g/mol. The van der Waals surface area contributed by atoms with Gasteiger partial charge in [-0.3, -0.25) is 14.5 Å². The van der Waals surface area contributed by atoms with Gasteiger partial charge in [-0.15, -0.1) is 0 Å². The van der Waals surface area contributed by atoms with Crippen LogP contribution in [0.4, 0.5) is 0 Å². The molecule has 1 aromatic carbocycles. The fraction of sp³-hybridized carbons (Fsp3) is 0.500. The van der Waals surface area contributed by atoms with Crippen LogP contribution in [-0.2, 0) is 4.79 Å². The first-order valence-electron chi connectivity index (χ1n) is 7.06. The summed E-state index contributed by atoms with van der Waals surface area (Å²) in [6.07, 6.45) is 1.97. The van der Waals surface area contributed by atoms with E-state index < -0.39 is 12.0 Å². The van der Waals surface area contributed by atoms with Crippen LogP contribution in [0.2, 0.25) is 0 Å². The van der Waals surface area contributed by atoms with Gasteiger partial charge in [0.25, 0.3) is 0 Å². The zero-order chi connectivity index (χ0) is 14.7. The van der Waals surface area contributed by atoms with Gasteiger partial charge in [-0.1, -0.05) is 23.8 Å². The van der Waals surface area contributed by atoms with E-state index >= 15 is 0 Å². The van der Waals surface area contributed by atoms with Gasteiger partial charge in [0.05, 0.1) is 0 Å². The van der Waals surface area contributed by atoms with Crippen molar-refractivity contribution in [2.75, 3.05) is 13.1 Å². The normalized spacial score (nSPS) is 19.2.